The standard InChI is InChI=1S/C14H18N4S/c1-14(7-4-8-19-14)9-16-12-10-5-2-3-6-11(10)17-13(15)18-12/h2-3,5-6H,4,7-9H2,1H3,(H3,15,16,17,18). The lowest BCUT2D eigenvalue weighted by Gasteiger charge is -2.23. The fraction of sp³-hybridized carbons (Fsp3) is 0.429. The van der Waals surface area contributed by atoms with Crippen molar-refractivity contribution >= 4 is 34.4 Å². The van der Waals surface area contributed by atoms with Gasteiger partial charge in [-0.05, 0) is 37.7 Å². The Bertz CT molecular complexity index is 593. The van der Waals surface area contributed by atoms with Crippen LogP contribution in [0.25, 0.3) is 10.9 Å². The number of nitrogens with two attached hydrogens (primary N) is 1. The van der Waals surface area contributed by atoms with E-state index >= 15 is 0 Å². The Morgan fingerprint density at radius 2 is 2.21 bits per heavy atom. The first-order valence-electron chi connectivity index (χ1n) is 6.56. The van der Waals surface area contributed by atoms with E-state index in [9.17, 15) is 0 Å². The van der Waals surface area contributed by atoms with Crippen LogP contribution in [0.3, 0.4) is 0 Å². The van der Waals surface area contributed by atoms with Crippen molar-refractivity contribution in [2.45, 2.75) is 24.5 Å². The number of anilines is 2. The Balaban J connectivity index is 1.87. The van der Waals surface area contributed by atoms with E-state index in [2.05, 4.69) is 22.2 Å². The van der Waals surface area contributed by atoms with Crippen molar-refractivity contribution in [3.05, 3.63) is 24.3 Å². The van der Waals surface area contributed by atoms with E-state index in [1.807, 2.05) is 36.0 Å². The molecule has 1 aromatic carbocycles. The van der Waals surface area contributed by atoms with Crippen molar-refractivity contribution in [1.82, 2.24) is 9.97 Å². The van der Waals surface area contributed by atoms with Gasteiger partial charge >= 0.3 is 0 Å². The molecule has 2 heterocycles. The first-order valence-corrected chi connectivity index (χ1v) is 7.55. The zero-order chi connectivity index (χ0) is 13.3. The molecule has 19 heavy (non-hydrogen) atoms. The Morgan fingerprint density at radius 1 is 1.37 bits per heavy atom. The minimum Gasteiger partial charge on any atom is -0.368 e. The highest BCUT2D eigenvalue weighted by Crippen LogP contribution is 2.37. The highest BCUT2D eigenvalue weighted by molar-refractivity contribution is 8.00. The topological polar surface area (TPSA) is 63.8 Å². The van der Waals surface area contributed by atoms with Gasteiger partial charge in [0.1, 0.15) is 5.82 Å². The second kappa shape index (κ2) is 4.89. The lowest BCUT2D eigenvalue weighted by Crippen LogP contribution is -2.27. The van der Waals surface area contributed by atoms with Crippen LogP contribution in [0.5, 0.6) is 0 Å². The Morgan fingerprint density at radius 3 is 3.00 bits per heavy atom. The lowest BCUT2D eigenvalue weighted by atomic mass is 10.1. The Hall–Kier alpha value is -1.49. The summed E-state index contributed by atoms with van der Waals surface area (Å²) in [4.78, 5) is 8.59. The van der Waals surface area contributed by atoms with Crippen LogP contribution in [-0.4, -0.2) is 27.0 Å². The van der Waals surface area contributed by atoms with E-state index in [1.54, 1.807) is 0 Å². The zero-order valence-corrected chi connectivity index (χ0v) is 11.8. The molecule has 1 fully saturated rings. The molecule has 0 spiro atoms. The first kappa shape index (κ1) is 12.5. The van der Waals surface area contributed by atoms with Crippen molar-refractivity contribution < 1.29 is 0 Å². The highest BCUT2D eigenvalue weighted by Gasteiger charge is 2.29. The molecular formula is C14H18N4S. The summed E-state index contributed by atoms with van der Waals surface area (Å²) in [5, 5.41) is 4.49. The van der Waals surface area contributed by atoms with E-state index in [4.69, 9.17) is 5.73 Å². The van der Waals surface area contributed by atoms with Gasteiger partial charge in [0.2, 0.25) is 5.95 Å². The number of benzene rings is 1. The van der Waals surface area contributed by atoms with Crippen LogP contribution in [-0.2, 0) is 0 Å². The fourth-order valence-electron chi connectivity index (χ4n) is 2.48. The summed E-state index contributed by atoms with van der Waals surface area (Å²) in [6.45, 7) is 3.22. The van der Waals surface area contributed by atoms with Crippen molar-refractivity contribution in [2.24, 2.45) is 0 Å². The van der Waals surface area contributed by atoms with Gasteiger partial charge in [0.05, 0.1) is 5.52 Å². The molecule has 0 radical (unpaired) electrons. The summed E-state index contributed by atoms with van der Waals surface area (Å²) >= 11 is 2.04. The molecule has 1 aromatic heterocycles. The molecule has 0 amide bonds. The van der Waals surface area contributed by atoms with Gasteiger partial charge in [-0.2, -0.15) is 16.7 Å². The second-order valence-corrected chi connectivity index (χ2v) is 6.89. The third-order valence-electron chi connectivity index (χ3n) is 3.55. The minimum absolute atomic E-state index is 0.306. The molecule has 4 nitrogen and oxygen atoms in total. The van der Waals surface area contributed by atoms with Crippen LogP contribution in [0.2, 0.25) is 0 Å². The third kappa shape index (κ3) is 2.61. The summed E-state index contributed by atoms with van der Waals surface area (Å²) in [5.41, 5.74) is 6.66. The van der Waals surface area contributed by atoms with Gasteiger partial charge in [-0.1, -0.05) is 12.1 Å². The molecule has 100 valence electrons. The molecule has 1 saturated heterocycles. The maximum Gasteiger partial charge on any atom is 0.222 e. The SMILES string of the molecule is CC1(CNc2nc(N)nc3ccccc23)CCCS1. The Kier molecular flexibility index (Phi) is 3.22. The van der Waals surface area contributed by atoms with Crippen molar-refractivity contribution in [3.8, 4) is 0 Å². The van der Waals surface area contributed by atoms with Crippen LogP contribution < -0.4 is 11.1 Å². The van der Waals surface area contributed by atoms with Gasteiger partial charge in [0.25, 0.3) is 0 Å². The van der Waals surface area contributed by atoms with Crippen LogP contribution in [0.4, 0.5) is 11.8 Å². The Labute approximate surface area is 117 Å². The molecular weight excluding hydrogens is 256 g/mol. The van der Waals surface area contributed by atoms with Gasteiger partial charge in [-0.3, -0.25) is 0 Å². The maximum absolute atomic E-state index is 5.77. The van der Waals surface area contributed by atoms with Gasteiger partial charge in [0.15, 0.2) is 0 Å². The van der Waals surface area contributed by atoms with Crippen molar-refractivity contribution in [2.75, 3.05) is 23.3 Å². The number of thioether (sulfide) groups is 1. The van der Waals surface area contributed by atoms with Crippen molar-refractivity contribution in [1.29, 1.82) is 0 Å². The largest absolute Gasteiger partial charge is 0.368 e. The van der Waals surface area contributed by atoms with Gasteiger partial charge in [-0.25, -0.2) is 4.98 Å². The van der Waals surface area contributed by atoms with E-state index in [-0.39, 0.29) is 0 Å². The normalized spacial score (nSPS) is 22.8. The summed E-state index contributed by atoms with van der Waals surface area (Å²) in [7, 11) is 0. The number of hydrogen-bond acceptors (Lipinski definition) is 5. The number of aromatic nitrogens is 2. The van der Waals surface area contributed by atoms with Gasteiger partial charge in [0, 0.05) is 16.7 Å². The minimum atomic E-state index is 0.306. The molecule has 3 N–H and O–H groups in total. The summed E-state index contributed by atoms with van der Waals surface area (Å²) in [5.74, 6) is 2.42. The quantitative estimate of drug-likeness (QED) is 0.901. The molecule has 2 aromatic rings. The average molecular weight is 274 g/mol. The van der Waals surface area contributed by atoms with Crippen LogP contribution in [0.1, 0.15) is 19.8 Å². The fourth-order valence-corrected chi connectivity index (χ4v) is 3.72. The average Bonchev–Trinajstić information content (AvgIpc) is 2.83. The van der Waals surface area contributed by atoms with Crippen LogP contribution in [0, 0.1) is 0 Å². The maximum atomic E-state index is 5.77. The molecule has 1 atom stereocenters. The second-order valence-electron chi connectivity index (χ2n) is 5.20. The van der Waals surface area contributed by atoms with E-state index < -0.39 is 0 Å². The number of nitrogen functional groups attached to an aromatic ring is 1. The van der Waals surface area contributed by atoms with Crippen LogP contribution >= 0.6 is 11.8 Å². The van der Waals surface area contributed by atoms with Crippen molar-refractivity contribution in [3.63, 3.8) is 0 Å². The van der Waals surface area contributed by atoms with E-state index in [0.717, 1.165) is 23.3 Å². The van der Waals surface area contributed by atoms with Gasteiger partial charge in [-0.15, -0.1) is 0 Å². The highest BCUT2D eigenvalue weighted by atomic mass is 32.2. The number of hydrogen-bond donors (Lipinski definition) is 2. The summed E-state index contributed by atoms with van der Waals surface area (Å²) in [6.07, 6.45) is 2.55. The monoisotopic (exact) mass is 274 g/mol. The molecule has 1 aliphatic rings. The number of nitrogens with zero attached hydrogens (tertiary/aromatic N) is 2. The summed E-state index contributed by atoms with van der Waals surface area (Å²) in [6, 6.07) is 7.96. The first-order chi connectivity index (χ1) is 9.16. The van der Waals surface area contributed by atoms with E-state index in [0.29, 0.717) is 10.7 Å². The number of rotatable bonds is 3. The number of para-hydroxylation sites is 1. The number of fused-ring (bicyclic) bond motifs is 1. The summed E-state index contributed by atoms with van der Waals surface area (Å²) < 4.78 is 0.306. The molecule has 1 unspecified atom stereocenters. The zero-order valence-electron chi connectivity index (χ0n) is 11.0. The third-order valence-corrected chi connectivity index (χ3v) is 5.09. The smallest absolute Gasteiger partial charge is 0.222 e. The molecule has 3 rings (SSSR count). The van der Waals surface area contributed by atoms with Crippen LogP contribution in [0.15, 0.2) is 24.3 Å². The predicted octanol–water partition coefficient (Wildman–Crippen LogP) is 2.91. The van der Waals surface area contributed by atoms with E-state index in [1.165, 1.54) is 18.6 Å². The molecule has 5 heteroatoms. The molecule has 1 aliphatic heterocycles. The predicted molar refractivity (Wildman–Crippen MR) is 82.5 cm³/mol. The molecule has 0 bridgehead atoms. The number of nitrogens with one attached hydrogen (secondary N) is 1. The molecule has 0 saturated carbocycles. The lowest BCUT2D eigenvalue weighted by molar-refractivity contribution is 0.634. The molecule has 0 aliphatic carbocycles. The van der Waals surface area contributed by atoms with Gasteiger partial charge < -0.3 is 11.1 Å².